The number of rotatable bonds is 1. The summed E-state index contributed by atoms with van der Waals surface area (Å²) >= 11 is 5.66. The van der Waals surface area contributed by atoms with Crippen molar-refractivity contribution >= 4 is 23.3 Å². The third-order valence-corrected chi connectivity index (χ3v) is 3.25. The van der Waals surface area contributed by atoms with Crippen molar-refractivity contribution in [2.45, 2.75) is 0 Å². The number of carbonyl (C=O) groups is 1. The predicted molar refractivity (Wildman–Crippen MR) is 69.5 cm³/mol. The molecule has 1 heterocycles. The van der Waals surface area contributed by atoms with Gasteiger partial charge in [-0.05, 0) is 25.2 Å². The molecular formula is C12H15ClFN3O. The van der Waals surface area contributed by atoms with E-state index in [1.807, 2.05) is 7.05 Å². The van der Waals surface area contributed by atoms with E-state index in [9.17, 15) is 9.18 Å². The van der Waals surface area contributed by atoms with Crippen molar-refractivity contribution in [2.24, 2.45) is 0 Å². The average molecular weight is 272 g/mol. The van der Waals surface area contributed by atoms with E-state index >= 15 is 0 Å². The van der Waals surface area contributed by atoms with E-state index in [0.717, 1.165) is 13.1 Å². The highest BCUT2D eigenvalue weighted by Crippen LogP contribution is 2.19. The number of likely N-dealkylation sites (N-methyl/N-ethyl adjacent to an activating group) is 1. The van der Waals surface area contributed by atoms with Gasteiger partial charge in [-0.25, -0.2) is 9.18 Å². The number of nitrogens with one attached hydrogen (secondary N) is 1. The Morgan fingerprint density at radius 1 is 1.33 bits per heavy atom. The first kappa shape index (κ1) is 13.1. The molecule has 6 heteroatoms. The van der Waals surface area contributed by atoms with Crippen LogP contribution in [0.25, 0.3) is 0 Å². The van der Waals surface area contributed by atoms with Gasteiger partial charge >= 0.3 is 6.03 Å². The smallest absolute Gasteiger partial charge is 0.321 e. The van der Waals surface area contributed by atoms with Crippen LogP contribution in [0, 0.1) is 5.82 Å². The van der Waals surface area contributed by atoms with E-state index in [1.165, 1.54) is 18.2 Å². The van der Waals surface area contributed by atoms with Crippen LogP contribution in [0.3, 0.4) is 0 Å². The zero-order valence-corrected chi connectivity index (χ0v) is 10.9. The van der Waals surface area contributed by atoms with E-state index in [2.05, 4.69) is 10.2 Å². The van der Waals surface area contributed by atoms with Gasteiger partial charge in [0.2, 0.25) is 0 Å². The first-order valence-corrected chi connectivity index (χ1v) is 6.13. The van der Waals surface area contributed by atoms with E-state index in [0.29, 0.717) is 18.8 Å². The quantitative estimate of drug-likeness (QED) is 0.850. The van der Waals surface area contributed by atoms with Crippen molar-refractivity contribution in [3.8, 4) is 0 Å². The molecule has 0 aromatic heterocycles. The molecule has 0 aliphatic carbocycles. The highest BCUT2D eigenvalue weighted by atomic mass is 35.5. The highest BCUT2D eigenvalue weighted by Gasteiger charge is 2.19. The molecule has 18 heavy (non-hydrogen) atoms. The first-order chi connectivity index (χ1) is 8.56. The molecule has 1 saturated heterocycles. The maximum atomic E-state index is 13.0. The van der Waals surface area contributed by atoms with Crippen molar-refractivity contribution in [3.63, 3.8) is 0 Å². The van der Waals surface area contributed by atoms with Gasteiger partial charge in [-0.2, -0.15) is 0 Å². The SMILES string of the molecule is CN1CCN(C(=O)Nc2ccc(F)c(Cl)c2)CC1. The van der Waals surface area contributed by atoms with Crippen LogP contribution in [0.4, 0.5) is 14.9 Å². The number of anilines is 1. The molecule has 0 saturated carbocycles. The summed E-state index contributed by atoms with van der Waals surface area (Å²) in [5.74, 6) is -0.491. The third-order valence-electron chi connectivity index (χ3n) is 2.96. The Labute approximate surface area is 110 Å². The van der Waals surface area contributed by atoms with Gasteiger partial charge < -0.3 is 15.1 Å². The largest absolute Gasteiger partial charge is 0.322 e. The zero-order valence-electron chi connectivity index (χ0n) is 10.1. The van der Waals surface area contributed by atoms with Gasteiger partial charge in [-0.1, -0.05) is 11.6 Å². The zero-order chi connectivity index (χ0) is 13.1. The fraction of sp³-hybridized carbons (Fsp3) is 0.417. The van der Waals surface area contributed by atoms with Gasteiger partial charge in [0, 0.05) is 31.9 Å². The summed E-state index contributed by atoms with van der Waals surface area (Å²) in [7, 11) is 2.02. The van der Waals surface area contributed by atoms with Crippen molar-refractivity contribution in [2.75, 3.05) is 38.5 Å². The predicted octanol–water partition coefficient (Wildman–Crippen LogP) is 2.26. The van der Waals surface area contributed by atoms with Crippen LogP contribution in [0.5, 0.6) is 0 Å². The Kier molecular flexibility index (Phi) is 4.04. The van der Waals surface area contributed by atoms with Crippen molar-refractivity contribution in [3.05, 3.63) is 29.0 Å². The van der Waals surface area contributed by atoms with Crippen molar-refractivity contribution in [1.29, 1.82) is 0 Å². The lowest BCUT2D eigenvalue weighted by molar-refractivity contribution is 0.164. The number of piperazine rings is 1. The van der Waals surface area contributed by atoms with E-state index < -0.39 is 5.82 Å². The first-order valence-electron chi connectivity index (χ1n) is 5.76. The van der Waals surface area contributed by atoms with Gasteiger partial charge in [0.25, 0.3) is 0 Å². The Balaban J connectivity index is 1.96. The lowest BCUT2D eigenvalue weighted by Crippen LogP contribution is -2.48. The minimum atomic E-state index is -0.491. The molecule has 2 amide bonds. The summed E-state index contributed by atoms with van der Waals surface area (Å²) < 4.78 is 13.0. The molecule has 0 bridgehead atoms. The number of hydrogen-bond donors (Lipinski definition) is 1. The molecule has 1 aromatic carbocycles. The Bertz CT molecular complexity index is 447. The molecule has 1 aliphatic rings. The molecule has 4 nitrogen and oxygen atoms in total. The van der Waals surface area contributed by atoms with Crippen LogP contribution in [0.15, 0.2) is 18.2 Å². The minimum absolute atomic E-state index is 0.00572. The molecule has 1 aliphatic heterocycles. The fourth-order valence-corrected chi connectivity index (χ4v) is 1.97. The Morgan fingerprint density at radius 2 is 2.00 bits per heavy atom. The Hall–Kier alpha value is -1.33. The van der Waals surface area contributed by atoms with Crippen LogP contribution >= 0.6 is 11.6 Å². The normalized spacial score (nSPS) is 16.7. The summed E-state index contributed by atoms with van der Waals surface area (Å²) in [4.78, 5) is 15.8. The maximum absolute atomic E-state index is 13.0. The average Bonchev–Trinajstić information content (AvgIpc) is 2.34. The molecule has 1 aromatic rings. The maximum Gasteiger partial charge on any atom is 0.321 e. The number of nitrogens with zero attached hydrogens (tertiary/aromatic N) is 2. The van der Waals surface area contributed by atoms with E-state index in [-0.39, 0.29) is 11.1 Å². The number of benzene rings is 1. The van der Waals surface area contributed by atoms with Crippen LogP contribution in [-0.2, 0) is 0 Å². The van der Waals surface area contributed by atoms with Crippen LogP contribution in [0.2, 0.25) is 5.02 Å². The van der Waals surface area contributed by atoms with Crippen LogP contribution in [0.1, 0.15) is 0 Å². The van der Waals surface area contributed by atoms with Crippen molar-refractivity contribution < 1.29 is 9.18 Å². The second-order valence-electron chi connectivity index (χ2n) is 4.35. The van der Waals surface area contributed by atoms with Crippen LogP contribution in [-0.4, -0.2) is 49.1 Å². The summed E-state index contributed by atoms with van der Waals surface area (Å²) in [5.41, 5.74) is 0.505. The highest BCUT2D eigenvalue weighted by molar-refractivity contribution is 6.31. The number of halogens is 2. The summed E-state index contributed by atoms with van der Waals surface area (Å²) in [6.07, 6.45) is 0. The Morgan fingerprint density at radius 3 is 2.61 bits per heavy atom. The lowest BCUT2D eigenvalue weighted by Gasteiger charge is -2.32. The fourth-order valence-electron chi connectivity index (χ4n) is 1.79. The second-order valence-corrected chi connectivity index (χ2v) is 4.76. The standard InChI is InChI=1S/C12H15ClFN3O/c1-16-4-6-17(7-5-16)12(18)15-9-2-3-11(14)10(13)8-9/h2-3,8H,4-7H2,1H3,(H,15,18). The molecule has 1 N–H and O–H groups in total. The second kappa shape index (κ2) is 5.54. The summed E-state index contributed by atoms with van der Waals surface area (Å²) in [6, 6.07) is 3.97. The molecule has 1 fully saturated rings. The molecule has 0 unspecified atom stereocenters. The van der Waals surface area contributed by atoms with E-state index in [4.69, 9.17) is 11.6 Å². The van der Waals surface area contributed by atoms with Crippen LogP contribution < -0.4 is 5.32 Å². The van der Waals surface area contributed by atoms with Crippen molar-refractivity contribution in [1.82, 2.24) is 9.80 Å². The van der Waals surface area contributed by atoms with E-state index in [1.54, 1.807) is 4.90 Å². The number of urea groups is 1. The summed E-state index contributed by atoms with van der Waals surface area (Å²) in [5, 5.41) is 2.72. The molecule has 0 radical (unpaired) electrons. The lowest BCUT2D eigenvalue weighted by atomic mass is 10.3. The third kappa shape index (κ3) is 3.11. The molecule has 0 atom stereocenters. The van der Waals surface area contributed by atoms with Gasteiger partial charge in [0.1, 0.15) is 5.82 Å². The number of carbonyl (C=O) groups excluding carboxylic acids is 1. The van der Waals surface area contributed by atoms with Gasteiger partial charge in [-0.3, -0.25) is 0 Å². The number of hydrogen-bond acceptors (Lipinski definition) is 2. The molecule has 0 spiro atoms. The monoisotopic (exact) mass is 271 g/mol. The molecular weight excluding hydrogens is 257 g/mol. The molecule has 98 valence electrons. The van der Waals surface area contributed by atoms with Gasteiger partial charge in [0.15, 0.2) is 0 Å². The number of amides is 2. The summed E-state index contributed by atoms with van der Waals surface area (Å²) in [6.45, 7) is 3.10. The van der Waals surface area contributed by atoms with Gasteiger partial charge in [-0.15, -0.1) is 0 Å². The van der Waals surface area contributed by atoms with Gasteiger partial charge in [0.05, 0.1) is 5.02 Å². The topological polar surface area (TPSA) is 35.6 Å². The molecule has 2 rings (SSSR count). The minimum Gasteiger partial charge on any atom is -0.322 e.